The Kier molecular flexibility index (Phi) is 5.82. The lowest BCUT2D eigenvalue weighted by Gasteiger charge is -2.06. The van der Waals surface area contributed by atoms with E-state index >= 15 is 0 Å². The molecule has 0 aromatic carbocycles. The van der Waals surface area contributed by atoms with Gasteiger partial charge < -0.3 is 19.2 Å². The second kappa shape index (κ2) is 7.62. The fourth-order valence-corrected chi connectivity index (χ4v) is 2.26. The van der Waals surface area contributed by atoms with Crippen molar-refractivity contribution in [3.05, 3.63) is 17.8 Å². The van der Waals surface area contributed by atoms with Crippen LogP contribution in [-0.4, -0.2) is 37.9 Å². The maximum absolute atomic E-state index is 5.77. The van der Waals surface area contributed by atoms with Crippen LogP contribution >= 0.6 is 0 Å². The molecule has 1 aliphatic heterocycles. The highest BCUT2D eigenvalue weighted by Gasteiger charge is 2.26. The number of oxazole rings is 1. The van der Waals surface area contributed by atoms with Crippen LogP contribution in [0.25, 0.3) is 0 Å². The summed E-state index contributed by atoms with van der Waals surface area (Å²) < 4.78 is 16.5. The molecule has 2 unspecified atom stereocenters. The lowest BCUT2D eigenvalue weighted by atomic mass is 10.2. The van der Waals surface area contributed by atoms with E-state index in [-0.39, 0.29) is 6.10 Å². The number of aromatic nitrogens is 1. The minimum absolute atomic E-state index is 0.107. The number of nitrogens with one attached hydrogen (secondary N) is 1. The Labute approximate surface area is 114 Å². The standard InChI is InChI=1S/C14H24N2O3/c1-11-5-6-12(18-11)13-10-16-14(19-13)4-3-7-15-8-9-17-2/h10-12,15H,3-9H2,1-2H3. The molecule has 0 spiro atoms. The van der Waals surface area contributed by atoms with E-state index in [1.807, 2.05) is 6.20 Å². The van der Waals surface area contributed by atoms with Crippen LogP contribution in [0.4, 0.5) is 0 Å². The summed E-state index contributed by atoms with van der Waals surface area (Å²) in [7, 11) is 1.71. The van der Waals surface area contributed by atoms with E-state index < -0.39 is 0 Å². The van der Waals surface area contributed by atoms with Crippen LogP contribution < -0.4 is 5.32 Å². The molecule has 1 aliphatic rings. The quantitative estimate of drug-likeness (QED) is 0.732. The van der Waals surface area contributed by atoms with Crippen molar-refractivity contribution in [1.82, 2.24) is 10.3 Å². The highest BCUT2D eigenvalue weighted by atomic mass is 16.5. The van der Waals surface area contributed by atoms with Crippen molar-refractivity contribution < 1.29 is 13.9 Å². The largest absolute Gasteiger partial charge is 0.443 e. The fourth-order valence-electron chi connectivity index (χ4n) is 2.26. The molecule has 1 aromatic rings. The highest BCUT2D eigenvalue weighted by Crippen LogP contribution is 2.32. The maximum Gasteiger partial charge on any atom is 0.194 e. The molecule has 0 aliphatic carbocycles. The average molecular weight is 268 g/mol. The van der Waals surface area contributed by atoms with Gasteiger partial charge in [0.2, 0.25) is 0 Å². The first-order chi connectivity index (χ1) is 9.29. The van der Waals surface area contributed by atoms with Gasteiger partial charge in [-0.1, -0.05) is 0 Å². The summed E-state index contributed by atoms with van der Waals surface area (Å²) in [6.07, 6.45) is 6.28. The molecule has 0 amide bonds. The summed E-state index contributed by atoms with van der Waals surface area (Å²) in [6, 6.07) is 0. The SMILES string of the molecule is COCCNCCCc1ncc(C2CCC(C)O2)o1. The molecular formula is C14H24N2O3. The van der Waals surface area contributed by atoms with Crippen molar-refractivity contribution in [1.29, 1.82) is 0 Å². The Morgan fingerprint density at radius 2 is 2.32 bits per heavy atom. The second-order valence-corrected chi connectivity index (χ2v) is 5.02. The van der Waals surface area contributed by atoms with Crippen molar-refractivity contribution in [3.63, 3.8) is 0 Å². The van der Waals surface area contributed by atoms with E-state index in [9.17, 15) is 0 Å². The van der Waals surface area contributed by atoms with E-state index in [1.165, 1.54) is 0 Å². The Hall–Kier alpha value is -0.910. The molecule has 1 N–H and O–H groups in total. The summed E-state index contributed by atoms with van der Waals surface area (Å²) in [5, 5.41) is 3.31. The zero-order valence-corrected chi connectivity index (χ0v) is 11.9. The van der Waals surface area contributed by atoms with Crippen LogP contribution in [-0.2, 0) is 15.9 Å². The molecule has 0 saturated carbocycles. The van der Waals surface area contributed by atoms with Gasteiger partial charge in [-0.25, -0.2) is 4.98 Å². The average Bonchev–Trinajstić information content (AvgIpc) is 3.02. The number of aryl methyl sites for hydroxylation is 1. The summed E-state index contributed by atoms with van der Waals surface area (Å²) in [5.74, 6) is 1.69. The Balaban J connectivity index is 1.66. The van der Waals surface area contributed by atoms with Gasteiger partial charge in [0.15, 0.2) is 11.7 Å². The monoisotopic (exact) mass is 268 g/mol. The predicted molar refractivity (Wildman–Crippen MR) is 72.1 cm³/mol. The second-order valence-electron chi connectivity index (χ2n) is 5.02. The molecule has 5 heteroatoms. The Bertz CT molecular complexity index is 367. The fraction of sp³-hybridized carbons (Fsp3) is 0.786. The van der Waals surface area contributed by atoms with Gasteiger partial charge >= 0.3 is 0 Å². The van der Waals surface area contributed by atoms with Crippen LogP contribution in [0.1, 0.15) is 43.9 Å². The first-order valence-electron chi connectivity index (χ1n) is 7.09. The van der Waals surface area contributed by atoms with Crippen molar-refractivity contribution in [3.8, 4) is 0 Å². The van der Waals surface area contributed by atoms with Crippen LogP contribution in [0.5, 0.6) is 0 Å². The van der Waals surface area contributed by atoms with Crippen molar-refractivity contribution in [2.75, 3.05) is 26.8 Å². The van der Waals surface area contributed by atoms with E-state index in [2.05, 4.69) is 17.2 Å². The first-order valence-corrected chi connectivity index (χ1v) is 7.09. The summed E-state index contributed by atoms with van der Waals surface area (Å²) in [4.78, 5) is 4.32. The zero-order chi connectivity index (χ0) is 13.5. The number of nitrogens with zero attached hydrogens (tertiary/aromatic N) is 1. The lowest BCUT2D eigenvalue weighted by molar-refractivity contribution is 0.0417. The summed E-state index contributed by atoms with van der Waals surface area (Å²) in [5.41, 5.74) is 0. The van der Waals surface area contributed by atoms with Crippen molar-refractivity contribution >= 4 is 0 Å². The zero-order valence-electron chi connectivity index (χ0n) is 11.9. The van der Waals surface area contributed by atoms with Gasteiger partial charge in [0.05, 0.1) is 18.9 Å². The van der Waals surface area contributed by atoms with Crippen LogP contribution in [0.15, 0.2) is 10.6 Å². The van der Waals surface area contributed by atoms with Gasteiger partial charge in [-0.2, -0.15) is 0 Å². The molecule has 2 heterocycles. The molecule has 1 fully saturated rings. The number of ether oxygens (including phenoxy) is 2. The lowest BCUT2D eigenvalue weighted by Crippen LogP contribution is -2.20. The normalized spacial score (nSPS) is 23.1. The predicted octanol–water partition coefficient (Wildman–Crippen LogP) is 2.08. The van der Waals surface area contributed by atoms with Crippen molar-refractivity contribution in [2.45, 2.75) is 44.8 Å². The smallest absolute Gasteiger partial charge is 0.194 e. The third-order valence-corrected chi connectivity index (χ3v) is 3.35. The van der Waals surface area contributed by atoms with Gasteiger partial charge in [0.25, 0.3) is 0 Å². The van der Waals surface area contributed by atoms with Gasteiger partial charge in [0, 0.05) is 20.1 Å². The van der Waals surface area contributed by atoms with E-state index in [0.29, 0.717) is 6.10 Å². The third-order valence-electron chi connectivity index (χ3n) is 3.35. The van der Waals surface area contributed by atoms with Gasteiger partial charge in [-0.3, -0.25) is 0 Å². The van der Waals surface area contributed by atoms with E-state index in [1.54, 1.807) is 7.11 Å². The topological polar surface area (TPSA) is 56.5 Å². The summed E-state index contributed by atoms with van der Waals surface area (Å²) >= 11 is 0. The molecule has 1 aromatic heterocycles. The molecule has 0 radical (unpaired) electrons. The molecule has 1 saturated heterocycles. The van der Waals surface area contributed by atoms with Crippen LogP contribution in [0, 0.1) is 0 Å². The van der Waals surface area contributed by atoms with Crippen LogP contribution in [0.3, 0.4) is 0 Å². The Morgan fingerprint density at radius 3 is 3.05 bits per heavy atom. The molecule has 5 nitrogen and oxygen atoms in total. The molecular weight excluding hydrogens is 244 g/mol. The van der Waals surface area contributed by atoms with Crippen LogP contribution in [0.2, 0.25) is 0 Å². The molecule has 0 bridgehead atoms. The number of methoxy groups -OCH3 is 1. The Morgan fingerprint density at radius 1 is 1.42 bits per heavy atom. The van der Waals surface area contributed by atoms with E-state index in [4.69, 9.17) is 13.9 Å². The first kappa shape index (κ1) is 14.5. The highest BCUT2D eigenvalue weighted by molar-refractivity contribution is 5.00. The molecule has 2 atom stereocenters. The number of hydrogen-bond acceptors (Lipinski definition) is 5. The maximum atomic E-state index is 5.77. The van der Waals surface area contributed by atoms with Gasteiger partial charge in [-0.15, -0.1) is 0 Å². The number of hydrogen-bond donors (Lipinski definition) is 1. The molecule has 108 valence electrons. The molecule has 19 heavy (non-hydrogen) atoms. The van der Waals surface area contributed by atoms with Crippen molar-refractivity contribution in [2.24, 2.45) is 0 Å². The van der Waals surface area contributed by atoms with Gasteiger partial charge in [0.1, 0.15) is 6.10 Å². The minimum Gasteiger partial charge on any atom is -0.443 e. The minimum atomic E-state index is 0.107. The van der Waals surface area contributed by atoms with E-state index in [0.717, 1.165) is 57.0 Å². The van der Waals surface area contributed by atoms with Gasteiger partial charge in [-0.05, 0) is 32.7 Å². The number of rotatable bonds is 8. The third kappa shape index (κ3) is 4.60. The summed E-state index contributed by atoms with van der Waals surface area (Å²) in [6.45, 7) is 4.70. The molecule has 2 rings (SSSR count).